The third kappa shape index (κ3) is 7.93. The molecule has 0 saturated carbocycles. The highest BCUT2D eigenvalue weighted by molar-refractivity contribution is 6.55. The largest absolute Gasteiger partial charge is 0.463 e. The number of rotatable bonds is 9. The highest BCUT2D eigenvalue weighted by atomic mass is 35.5. The summed E-state index contributed by atoms with van der Waals surface area (Å²) in [4.78, 5) is 74.6. The van der Waals surface area contributed by atoms with Crippen LogP contribution in [0.1, 0.15) is 54.8 Å². The van der Waals surface area contributed by atoms with Crippen molar-refractivity contribution in [3.63, 3.8) is 0 Å². The van der Waals surface area contributed by atoms with Gasteiger partial charge in [-0.1, -0.05) is 47.5 Å². The second kappa shape index (κ2) is 13.7. The lowest BCUT2D eigenvalue weighted by atomic mass is 9.86. The van der Waals surface area contributed by atoms with E-state index < -0.39 is 78.5 Å². The third-order valence-corrected chi connectivity index (χ3v) is 6.12. The summed E-state index contributed by atoms with van der Waals surface area (Å²) in [6, 6.07) is 6.02. The van der Waals surface area contributed by atoms with Gasteiger partial charge in [-0.3, -0.25) is 28.8 Å². The van der Waals surface area contributed by atoms with Crippen LogP contribution in [-0.4, -0.2) is 72.8 Å². The monoisotopic (exact) mass is 612 g/mol. The van der Waals surface area contributed by atoms with Gasteiger partial charge in [-0.15, -0.1) is 0 Å². The fourth-order valence-corrected chi connectivity index (χ4v) is 4.45. The van der Waals surface area contributed by atoms with Crippen molar-refractivity contribution in [1.82, 2.24) is 0 Å². The van der Waals surface area contributed by atoms with E-state index in [1.807, 2.05) is 0 Å². The Labute approximate surface area is 244 Å². The molecule has 0 spiro atoms. The van der Waals surface area contributed by atoms with Crippen LogP contribution in [-0.2, 0) is 47.6 Å². The van der Waals surface area contributed by atoms with Gasteiger partial charge in [-0.2, -0.15) is 0 Å². The number of fused-ring (bicyclic) bond motifs is 1. The maximum atomic E-state index is 13.6. The molecule has 1 saturated heterocycles. The maximum Gasteiger partial charge on any atom is 0.303 e. The van der Waals surface area contributed by atoms with Crippen LogP contribution in [0.15, 0.2) is 46.2 Å². The van der Waals surface area contributed by atoms with Gasteiger partial charge in [0, 0.05) is 45.2 Å². The summed E-state index contributed by atoms with van der Waals surface area (Å²) in [6.07, 6.45) is -6.59. The SMILES string of the molecule is CC(=O)OC[C@@H]1O[C@@H](OC2=C(CC=C(Cl)Cl)C(=O)c3ccccc3C2=O)[C@@H](OC(C)=O)[C@@H](OC(C)=O)[C@H]1OC(C)=O. The van der Waals surface area contributed by atoms with Crippen LogP contribution in [0, 0.1) is 0 Å². The Hall–Kier alpha value is -3.74. The Morgan fingerprint density at radius 1 is 0.805 bits per heavy atom. The van der Waals surface area contributed by atoms with Crippen molar-refractivity contribution in [2.75, 3.05) is 6.61 Å². The summed E-state index contributed by atoms with van der Waals surface area (Å²) >= 11 is 11.5. The molecule has 12 nitrogen and oxygen atoms in total. The highest BCUT2D eigenvalue weighted by Gasteiger charge is 2.54. The first kappa shape index (κ1) is 31.8. The van der Waals surface area contributed by atoms with Gasteiger partial charge in [0.15, 0.2) is 23.8 Å². The van der Waals surface area contributed by atoms with Crippen molar-refractivity contribution in [3.05, 3.63) is 57.3 Å². The molecule has 220 valence electrons. The number of esters is 4. The zero-order valence-corrected chi connectivity index (χ0v) is 23.9. The maximum absolute atomic E-state index is 13.6. The number of Topliss-reactive ketones (excluding diaryl/α,β-unsaturated/α-hetero) is 2. The summed E-state index contributed by atoms with van der Waals surface area (Å²) in [5.41, 5.74) is 0.00341. The lowest BCUT2D eigenvalue weighted by Crippen LogP contribution is -2.63. The summed E-state index contributed by atoms with van der Waals surface area (Å²) in [7, 11) is 0. The first-order valence-corrected chi connectivity index (χ1v) is 13.0. The zero-order chi connectivity index (χ0) is 30.4. The Bertz CT molecular complexity index is 1310. The molecule has 0 amide bonds. The predicted molar refractivity (Wildman–Crippen MR) is 140 cm³/mol. The van der Waals surface area contributed by atoms with E-state index in [1.165, 1.54) is 18.2 Å². The number of ether oxygens (including phenoxy) is 6. The lowest BCUT2D eigenvalue weighted by Gasteiger charge is -2.44. The number of ketones is 2. The number of halogens is 2. The molecule has 0 radical (unpaired) electrons. The molecule has 1 aliphatic heterocycles. The number of hydrogen-bond acceptors (Lipinski definition) is 12. The minimum absolute atomic E-state index is 0.0304. The Balaban J connectivity index is 2.15. The lowest BCUT2D eigenvalue weighted by molar-refractivity contribution is -0.299. The summed E-state index contributed by atoms with van der Waals surface area (Å²) in [5, 5.41) is 0. The van der Waals surface area contributed by atoms with E-state index in [-0.39, 0.29) is 27.6 Å². The van der Waals surface area contributed by atoms with Crippen LogP contribution in [0.5, 0.6) is 0 Å². The third-order valence-electron chi connectivity index (χ3n) is 5.81. The van der Waals surface area contributed by atoms with Crippen molar-refractivity contribution in [2.45, 2.75) is 64.8 Å². The van der Waals surface area contributed by atoms with Crippen molar-refractivity contribution in [3.8, 4) is 0 Å². The summed E-state index contributed by atoms with van der Waals surface area (Å²) < 4.78 is 32.8. The Morgan fingerprint density at radius 3 is 1.88 bits per heavy atom. The normalized spacial score (nSPS) is 23.6. The molecule has 1 aromatic carbocycles. The molecule has 41 heavy (non-hydrogen) atoms. The molecule has 1 fully saturated rings. The molecule has 1 aliphatic carbocycles. The zero-order valence-electron chi connectivity index (χ0n) is 22.3. The molecule has 5 atom stereocenters. The smallest absolute Gasteiger partial charge is 0.303 e. The van der Waals surface area contributed by atoms with E-state index in [4.69, 9.17) is 51.6 Å². The van der Waals surface area contributed by atoms with E-state index >= 15 is 0 Å². The minimum Gasteiger partial charge on any atom is -0.463 e. The van der Waals surface area contributed by atoms with Gasteiger partial charge in [-0.25, -0.2) is 0 Å². The Morgan fingerprint density at radius 2 is 1.34 bits per heavy atom. The highest BCUT2D eigenvalue weighted by Crippen LogP contribution is 2.35. The van der Waals surface area contributed by atoms with Crippen LogP contribution in [0.25, 0.3) is 0 Å². The molecule has 1 heterocycles. The standard InChI is InChI=1S/C27H26Cl2O12/c1-12(30)36-11-19-24(37-13(2)31)25(38-14(3)32)26(39-15(4)33)27(40-19)41-23-18(9-10-20(28)29)21(34)16-7-5-6-8-17(16)22(23)35/h5-8,10,19,24-27H,9,11H2,1-4H3/t19-,24-,25-,26-,27-/m0/s1. The quantitative estimate of drug-likeness (QED) is 0.297. The minimum atomic E-state index is -1.72. The molecule has 0 unspecified atom stereocenters. The van der Waals surface area contributed by atoms with Crippen molar-refractivity contribution >= 4 is 58.6 Å². The van der Waals surface area contributed by atoms with Crippen LogP contribution in [0.4, 0.5) is 0 Å². The predicted octanol–water partition coefficient (Wildman–Crippen LogP) is 3.13. The molecular weight excluding hydrogens is 587 g/mol. The molecule has 2 aliphatic rings. The number of hydrogen-bond donors (Lipinski definition) is 0. The first-order chi connectivity index (χ1) is 19.3. The van der Waals surface area contributed by atoms with Gasteiger partial charge in [-0.05, 0) is 6.08 Å². The number of benzene rings is 1. The van der Waals surface area contributed by atoms with Crippen LogP contribution in [0.3, 0.4) is 0 Å². The van der Waals surface area contributed by atoms with E-state index in [9.17, 15) is 28.8 Å². The molecule has 14 heteroatoms. The first-order valence-electron chi connectivity index (χ1n) is 12.2. The van der Waals surface area contributed by atoms with Gasteiger partial charge in [0.2, 0.25) is 18.2 Å². The number of allylic oxidation sites excluding steroid dienone is 3. The topological polar surface area (TPSA) is 158 Å². The number of carbonyl (C=O) groups is 6. The van der Waals surface area contributed by atoms with Gasteiger partial charge < -0.3 is 28.4 Å². The Kier molecular flexibility index (Phi) is 10.7. The molecule has 3 rings (SSSR count). The molecule has 0 aromatic heterocycles. The van der Waals surface area contributed by atoms with Crippen LogP contribution >= 0.6 is 23.2 Å². The van der Waals surface area contributed by atoms with Gasteiger partial charge in [0.05, 0.1) is 5.57 Å². The second-order valence-corrected chi connectivity index (χ2v) is 9.90. The average Bonchev–Trinajstić information content (AvgIpc) is 2.88. The van der Waals surface area contributed by atoms with E-state index in [1.54, 1.807) is 12.1 Å². The summed E-state index contributed by atoms with van der Waals surface area (Å²) in [5.74, 6) is -4.99. The van der Waals surface area contributed by atoms with Gasteiger partial charge in [0.25, 0.3) is 0 Å². The second-order valence-electron chi connectivity index (χ2n) is 8.89. The molecule has 0 bridgehead atoms. The van der Waals surface area contributed by atoms with Gasteiger partial charge >= 0.3 is 23.9 Å². The summed E-state index contributed by atoms with van der Waals surface area (Å²) in [6.45, 7) is 3.80. The van der Waals surface area contributed by atoms with Crippen molar-refractivity contribution in [2.24, 2.45) is 0 Å². The van der Waals surface area contributed by atoms with Crippen LogP contribution < -0.4 is 0 Å². The van der Waals surface area contributed by atoms with Crippen molar-refractivity contribution in [1.29, 1.82) is 0 Å². The fourth-order valence-electron chi connectivity index (χ4n) is 4.29. The van der Waals surface area contributed by atoms with E-state index in [0.29, 0.717) is 0 Å². The van der Waals surface area contributed by atoms with E-state index in [2.05, 4.69) is 0 Å². The average molecular weight is 613 g/mol. The van der Waals surface area contributed by atoms with Crippen molar-refractivity contribution < 1.29 is 57.2 Å². The van der Waals surface area contributed by atoms with E-state index in [0.717, 1.165) is 27.7 Å². The molecular formula is C27H26Cl2O12. The fraction of sp³-hybridized carbons (Fsp3) is 0.407. The van der Waals surface area contributed by atoms with Gasteiger partial charge in [0.1, 0.15) is 17.2 Å². The molecule has 0 N–H and O–H groups in total. The number of carbonyl (C=O) groups excluding carboxylic acids is 6. The molecule has 1 aromatic rings. The van der Waals surface area contributed by atoms with Crippen LogP contribution in [0.2, 0.25) is 0 Å².